The highest BCUT2D eigenvalue weighted by atomic mass is 79.9. The normalized spacial score (nSPS) is 12.2. The quantitative estimate of drug-likeness (QED) is 0.0761. The van der Waals surface area contributed by atoms with Gasteiger partial charge >= 0.3 is 5.97 Å². The topological polar surface area (TPSA) is 178 Å². The van der Waals surface area contributed by atoms with Crippen molar-refractivity contribution in [1.29, 1.82) is 0 Å². The van der Waals surface area contributed by atoms with E-state index in [1.807, 2.05) is 36.9 Å². The molecule has 2 aromatic heterocycles. The Labute approximate surface area is 337 Å². The second kappa shape index (κ2) is 15.0. The minimum Gasteiger partial charge on any atom is -0.508 e. The molecule has 16 heteroatoms. The van der Waals surface area contributed by atoms with Crippen LogP contribution in [-0.2, 0) is 6.54 Å². The smallest absolute Gasteiger partial charge is 0.336 e. The van der Waals surface area contributed by atoms with E-state index in [-0.39, 0.29) is 35.3 Å². The number of hydrogen-bond acceptors (Lipinski definition) is 11. The Kier molecular flexibility index (Phi) is 9.94. The number of aromatic carboxylic acids is 1. The molecule has 0 unspecified atom stereocenters. The van der Waals surface area contributed by atoms with Gasteiger partial charge in [0.1, 0.15) is 22.6 Å². The Bertz CT molecular complexity index is 2740. The average Bonchev–Trinajstić information content (AvgIpc) is 3.76. The fraction of sp³-hybridized carbons (Fsp3) is 0.175. The van der Waals surface area contributed by atoms with E-state index in [0.717, 1.165) is 20.0 Å². The van der Waals surface area contributed by atoms with Crippen LogP contribution in [0.15, 0.2) is 103 Å². The molecule has 0 fully saturated rings. The van der Waals surface area contributed by atoms with Gasteiger partial charge < -0.3 is 44.6 Å². The minimum absolute atomic E-state index is 0.0131. The van der Waals surface area contributed by atoms with Crippen LogP contribution in [0.3, 0.4) is 0 Å². The third-order valence-electron chi connectivity index (χ3n) is 9.40. The van der Waals surface area contributed by atoms with Gasteiger partial charge in [0, 0.05) is 69.0 Å². The lowest BCUT2D eigenvalue weighted by Crippen LogP contribution is -2.40. The highest BCUT2D eigenvalue weighted by Gasteiger charge is 2.24. The number of nitrogens with one attached hydrogen (secondary N) is 1. The van der Waals surface area contributed by atoms with Gasteiger partial charge in [-0.25, -0.2) is 14.8 Å². The number of aromatic hydroxyl groups is 1. The van der Waals surface area contributed by atoms with Crippen molar-refractivity contribution >= 4 is 84.5 Å². The number of carboxylic acid groups (broad SMARTS) is 1. The maximum Gasteiger partial charge on any atom is 0.336 e. The molecule has 284 valence electrons. The Balaban J connectivity index is 1.05. The van der Waals surface area contributed by atoms with E-state index in [2.05, 4.69) is 30.8 Å². The van der Waals surface area contributed by atoms with Crippen LogP contribution in [0.2, 0.25) is 0 Å². The van der Waals surface area contributed by atoms with Crippen molar-refractivity contribution < 1.29 is 28.9 Å². The summed E-state index contributed by atoms with van der Waals surface area (Å²) in [4.78, 5) is 37.1. The standard InChI is InChI=1S/C40H33BrN6O7S2/c1-20(2)46(12-3-13-47-29-10-11-43-37(42)36(29)45-40(47)56-34-18-33-32(17-28(34)41)52-19-53-33)39(55)44-21-4-7-24(27(14-21)38(50)51)35-25-8-5-22(48)15-30(25)54-31-16-23(49)6-9-26(31)35/h4-11,14-18,20,48H,3,12-13,19H2,1-2H3,(H2,42,43)(H,44,55)(H,50,51). The number of carboxylic acids is 1. The molecule has 56 heavy (non-hydrogen) atoms. The number of carbonyl (C=O) groups is 1. The van der Waals surface area contributed by atoms with Crippen LogP contribution >= 0.6 is 39.9 Å². The molecule has 3 aliphatic rings. The molecule has 5 aromatic rings. The predicted molar refractivity (Wildman–Crippen MR) is 222 cm³/mol. The summed E-state index contributed by atoms with van der Waals surface area (Å²) in [5, 5.41) is 25.6. The number of nitrogens with two attached hydrogens (primary N) is 1. The Morgan fingerprint density at radius 1 is 1.07 bits per heavy atom. The molecule has 4 heterocycles. The third kappa shape index (κ3) is 7.06. The molecular formula is C40H33BrN6O7S2. The van der Waals surface area contributed by atoms with Crippen molar-refractivity contribution in [3.05, 3.63) is 99.3 Å². The zero-order valence-corrected chi connectivity index (χ0v) is 33.1. The van der Waals surface area contributed by atoms with Gasteiger partial charge in [0.25, 0.3) is 0 Å². The molecule has 1 aliphatic carbocycles. The van der Waals surface area contributed by atoms with Gasteiger partial charge in [-0.2, -0.15) is 0 Å². The van der Waals surface area contributed by atoms with Crippen LogP contribution < -0.4 is 26.0 Å². The molecular weight excluding hydrogens is 821 g/mol. The lowest BCUT2D eigenvalue weighted by molar-refractivity contribution is 0.0697. The number of halogens is 1. The van der Waals surface area contributed by atoms with Crippen molar-refractivity contribution in [2.75, 3.05) is 24.4 Å². The maximum absolute atomic E-state index is 12.8. The number of imidazole rings is 1. The summed E-state index contributed by atoms with van der Waals surface area (Å²) in [5.74, 6) is 0.771. The lowest BCUT2D eigenvalue weighted by Gasteiger charge is -2.30. The predicted octanol–water partition coefficient (Wildman–Crippen LogP) is 8.44. The first-order valence-corrected chi connectivity index (χ1v) is 19.5. The summed E-state index contributed by atoms with van der Waals surface area (Å²) in [6.07, 6.45) is 2.35. The third-order valence-corrected chi connectivity index (χ3v) is 11.7. The van der Waals surface area contributed by atoms with Gasteiger partial charge in [-0.15, -0.1) is 0 Å². The summed E-state index contributed by atoms with van der Waals surface area (Å²) < 4.78 is 20.1. The molecule has 2 aliphatic heterocycles. The van der Waals surface area contributed by atoms with E-state index in [1.165, 1.54) is 36.0 Å². The van der Waals surface area contributed by atoms with Crippen molar-refractivity contribution in [2.45, 2.75) is 42.9 Å². The Morgan fingerprint density at radius 3 is 2.64 bits per heavy atom. The number of nitrogens with zero attached hydrogens (tertiary/aromatic N) is 4. The molecule has 0 atom stereocenters. The molecule has 0 saturated carbocycles. The fourth-order valence-corrected chi connectivity index (χ4v) is 8.72. The summed E-state index contributed by atoms with van der Waals surface area (Å²) in [6, 6.07) is 19.7. The lowest BCUT2D eigenvalue weighted by atomic mass is 9.90. The summed E-state index contributed by atoms with van der Waals surface area (Å²) in [6.45, 7) is 5.41. The van der Waals surface area contributed by atoms with Gasteiger partial charge in [-0.3, -0.25) is 4.79 Å². The number of benzene rings is 4. The van der Waals surface area contributed by atoms with Gasteiger partial charge in [0.05, 0.1) is 11.1 Å². The van der Waals surface area contributed by atoms with Crippen molar-refractivity contribution in [3.63, 3.8) is 0 Å². The molecule has 0 bridgehead atoms. The molecule has 0 spiro atoms. The summed E-state index contributed by atoms with van der Waals surface area (Å²) in [7, 11) is 0. The largest absolute Gasteiger partial charge is 0.508 e. The number of anilines is 2. The number of nitrogen functional groups attached to an aromatic ring is 1. The maximum atomic E-state index is 12.8. The highest BCUT2D eigenvalue weighted by Crippen LogP contribution is 2.44. The molecule has 13 nitrogen and oxygen atoms in total. The van der Waals surface area contributed by atoms with Crippen LogP contribution in [0.5, 0.6) is 17.2 Å². The van der Waals surface area contributed by atoms with Crippen LogP contribution in [0, 0.1) is 0 Å². The zero-order valence-electron chi connectivity index (χ0n) is 29.9. The number of thiocarbonyl (C=S) groups is 1. The number of pyridine rings is 1. The molecule has 0 saturated heterocycles. The van der Waals surface area contributed by atoms with E-state index in [1.54, 1.807) is 36.5 Å². The number of aromatic nitrogens is 3. The number of aryl methyl sites for hydroxylation is 1. The van der Waals surface area contributed by atoms with Gasteiger partial charge in [-0.1, -0.05) is 17.8 Å². The number of ether oxygens (including phenoxy) is 2. The van der Waals surface area contributed by atoms with Crippen molar-refractivity contribution in [1.82, 2.24) is 19.4 Å². The van der Waals surface area contributed by atoms with E-state index in [9.17, 15) is 19.8 Å². The first-order chi connectivity index (χ1) is 26.9. The second-order valence-corrected chi connectivity index (χ2v) is 15.5. The first-order valence-electron chi connectivity index (χ1n) is 17.5. The molecule has 0 radical (unpaired) electrons. The Morgan fingerprint density at radius 2 is 1.86 bits per heavy atom. The van der Waals surface area contributed by atoms with Gasteiger partial charge in [0.15, 0.2) is 33.0 Å². The second-order valence-electron chi connectivity index (χ2n) is 13.3. The van der Waals surface area contributed by atoms with Crippen LogP contribution in [-0.4, -0.2) is 60.1 Å². The fourth-order valence-electron chi connectivity index (χ4n) is 6.77. The van der Waals surface area contributed by atoms with Crippen LogP contribution in [0.4, 0.5) is 11.5 Å². The Hall–Kier alpha value is -5.84. The van der Waals surface area contributed by atoms with E-state index in [4.69, 9.17) is 36.8 Å². The average molecular weight is 854 g/mol. The van der Waals surface area contributed by atoms with E-state index < -0.39 is 5.97 Å². The van der Waals surface area contributed by atoms with Gasteiger partial charge in [-0.05, 0) is 109 Å². The molecule has 8 rings (SSSR count). The number of hydrogen-bond donors (Lipinski definition) is 4. The van der Waals surface area contributed by atoms with Crippen molar-refractivity contribution in [3.8, 4) is 39.7 Å². The number of phenols is 1. The minimum atomic E-state index is -1.15. The molecule has 0 amide bonds. The SMILES string of the molecule is CC(C)N(CCCn1c(Sc2cc3c(cc2Br)OCO3)nc2c(N)nccc21)C(=S)Nc1ccc(-c2c3ccc(=O)cc-3oc3cc(O)ccc23)c(C(=O)O)c1. The molecule has 3 aromatic carbocycles. The van der Waals surface area contributed by atoms with E-state index >= 15 is 0 Å². The summed E-state index contributed by atoms with van der Waals surface area (Å²) >= 11 is 11.1. The van der Waals surface area contributed by atoms with Crippen molar-refractivity contribution in [2.24, 2.45) is 0 Å². The van der Waals surface area contributed by atoms with E-state index in [0.29, 0.717) is 80.8 Å². The van der Waals surface area contributed by atoms with Crippen LogP contribution in [0.1, 0.15) is 30.6 Å². The first kappa shape index (κ1) is 37.1. The number of rotatable bonds is 10. The molecule has 5 N–H and O–H groups in total. The number of fused-ring (bicyclic) bond motifs is 4. The van der Waals surface area contributed by atoms with Gasteiger partial charge in [0.2, 0.25) is 6.79 Å². The zero-order chi connectivity index (χ0) is 39.2. The number of phenolic OH excluding ortho intramolecular Hbond substituents is 1. The summed E-state index contributed by atoms with van der Waals surface area (Å²) in [5.41, 5.74) is 9.81. The highest BCUT2D eigenvalue weighted by molar-refractivity contribution is 9.10. The monoisotopic (exact) mass is 852 g/mol. The van der Waals surface area contributed by atoms with Crippen LogP contribution in [0.25, 0.3) is 44.5 Å².